The van der Waals surface area contributed by atoms with E-state index in [9.17, 15) is 20.4 Å². The van der Waals surface area contributed by atoms with Gasteiger partial charge in [0.2, 0.25) is 12.1 Å². The molecule has 0 spiro atoms. The Morgan fingerprint density at radius 2 is 1.90 bits per heavy atom. The second-order valence-corrected chi connectivity index (χ2v) is 8.44. The molecule has 3 heterocycles. The quantitative estimate of drug-likeness (QED) is 0.242. The van der Waals surface area contributed by atoms with Crippen LogP contribution in [0.5, 0.6) is 0 Å². The maximum Gasteiger partial charge on any atom is 0.249 e. The number of aliphatic hydroxyl groups excluding tert-OH is 2. The Labute approximate surface area is 180 Å². The Hall–Kier alpha value is -1.25. The first-order valence-corrected chi connectivity index (χ1v) is 10.5. The van der Waals surface area contributed by atoms with Crippen molar-refractivity contribution in [3.8, 4) is 0 Å². The van der Waals surface area contributed by atoms with Gasteiger partial charge in [-0.3, -0.25) is 4.98 Å². The Balaban J connectivity index is 1.54. The Morgan fingerprint density at radius 1 is 1.13 bits per heavy atom. The summed E-state index contributed by atoms with van der Waals surface area (Å²) in [6.07, 6.45) is -1.73. The zero-order valence-corrected chi connectivity index (χ0v) is 17.6. The Kier molecular flexibility index (Phi) is 6.62. The molecule has 1 aliphatic carbocycles. The molecule has 7 N–H and O–H groups in total. The molecule has 2 aliphatic heterocycles. The van der Waals surface area contributed by atoms with Crippen LogP contribution < -0.4 is 16.0 Å². The summed E-state index contributed by atoms with van der Waals surface area (Å²) in [6.45, 7) is 0.584. The first-order valence-electron chi connectivity index (χ1n) is 10.5. The maximum absolute atomic E-state index is 11.5. The number of aliphatic hydroxyl groups is 4. The fourth-order valence-corrected chi connectivity index (χ4v) is 4.82. The molecule has 174 valence electrons. The van der Waals surface area contributed by atoms with E-state index in [1.54, 1.807) is 26.5 Å². The minimum absolute atomic E-state index is 0.00741. The molecule has 0 aromatic carbocycles. The first-order chi connectivity index (χ1) is 14.8. The highest BCUT2D eigenvalue weighted by Gasteiger charge is 2.67. The molecule has 2 saturated heterocycles. The van der Waals surface area contributed by atoms with Gasteiger partial charge in [-0.15, -0.1) is 0 Å². The van der Waals surface area contributed by atoms with Gasteiger partial charge in [0, 0.05) is 31.9 Å². The minimum atomic E-state index is -2.20. The predicted molar refractivity (Wildman–Crippen MR) is 108 cm³/mol. The summed E-state index contributed by atoms with van der Waals surface area (Å²) in [5.74, 6) is -2.20. The number of fused-ring (bicyclic) bond motifs is 2. The third kappa shape index (κ3) is 3.89. The SMILES string of the molecule is CNC1C(O)C(NC)C2OC3(O)C(OCCC3(O)CNCc3cccnc3)OC2C1O. The minimum Gasteiger partial charge on any atom is -0.390 e. The van der Waals surface area contributed by atoms with Crippen LogP contribution in [0.1, 0.15) is 12.0 Å². The topological polar surface area (TPSA) is 158 Å². The van der Waals surface area contributed by atoms with Crippen molar-refractivity contribution >= 4 is 0 Å². The molecule has 1 aromatic rings. The molecule has 0 bridgehead atoms. The van der Waals surface area contributed by atoms with Crippen molar-refractivity contribution in [3.63, 3.8) is 0 Å². The van der Waals surface area contributed by atoms with Gasteiger partial charge in [0.25, 0.3) is 0 Å². The van der Waals surface area contributed by atoms with Crippen LogP contribution in [0.3, 0.4) is 0 Å². The maximum atomic E-state index is 11.5. The van der Waals surface area contributed by atoms with Crippen LogP contribution in [0.2, 0.25) is 0 Å². The molecule has 31 heavy (non-hydrogen) atoms. The number of hydrogen-bond donors (Lipinski definition) is 7. The zero-order chi connectivity index (χ0) is 22.2. The van der Waals surface area contributed by atoms with Crippen molar-refractivity contribution in [2.75, 3.05) is 27.2 Å². The predicted octanol–water partition coefficient (Wildman–Crippen LogP) is -2.97. The first kappa shape index (κ1) is 22.9. The van der Waals surface area contributed by atoms with E-state index < -0.39 is 54.2 Å². The van der Waals surface area contributed by atoms with Gasteiger partial charge in [0.1, 0.15) is 23.9 Å². The number of nitrogens with zero attached hydrogens (tertiary/aromatic N) is 1. The van der Waals surface area contributed by atoms with Gasteiger partial charge in [0.05, 0.1) is 24.8 Å². The largest absolute Gasteiger partial charge is 0.390 e. The molecule has 0 amide bonds. The van der Waals surface area contributed by atoms with Crippen LogP contribution in [0.25, 0.3) is 0 Å². The number of hydrogen-bond acceptors (Lipinski definition) is 11. The molecular formula is C20H32N4O7. The Morgan fingerprint density at radius 3 is 2.58 bits per heavy atom. The lowest BCUT2D eigenvalue weighted by Crippen LogP contribution is -2.80. The zero-order valence-electron chi connectivity index (χ0n) is 17.6. The van der Waals surface area contributed by atoms with Crippen LogP contribution in [-0.4, -0.2) is 107 Å². The van der Waals surface area contributed by atoms with Crippen molar-refractivity contribution in [3.05, 3.63) is 30.1 Å². The van der Waals surface area contributed by atoms with Crippen molar-refractivity contribution in [2.45, 2.75) is 67.1 Å². The van der Waals surface area contributed by atoms with E-state index in [1.807, 2.05) is 12.1 Å². The molecule has 9 atom stereocenters. The molecule has 11 heteroatoms. The fraction of sp³-hybridized carbons (Fsp3) is 0.750. The van der Waals surface area contributed by atoms with E-state index in [0.29, 0.717) is 6.54 Å². The van der Waals surface area contributed by atoms with Gasteiger partial charge in [0.15, 0.2) is 0 Å². The van der Waals surface area contributed by atoms with Crippen LogP contribution in [-0.2, 0) is 20.8 Å². The third-order valence-electron chi connectivity index (χ3n) is 6.62. The lowest BCUT2D eigenvalue weighted by molar-refractivity contribution is -0.475. The Bertz CT molecular complexity index is 745. The lowest BCUT2D eigenvalue weighted by Gasteiger charge is -2.59. The van der Waals surface area contributed by atoms with E-state index >= 15 is 0 Å². The van der Waals surface area contributed by atoms with Gasteiger partial charge in [-0.25, -0.2) is 0 Å². The van der Waals surface area contributed by atoms with Gasteiger partial charge >= 0.3 is 0 Å². The number of ether oxygens (including phenoxy) is 3. The smallest absolute Gasteiger partial charge is 0.249 e. The van der Waals surface area contributed by atoms with E-state index in [4.69, 9.17) is 14.2 Å². The number of nitrogens with one attached hydrogen (secondary N) is 3. The average molecular weight is 440 g/mol. The number of pyridine rings is 1. The molecular weight excluding hydrogens is 408 g/mol. The van der Waals surface area contributed by atoms with E-state index in [1.165, 1.54) is 0 Å². The number of rotatable bonds is 6. The molecule has 1 aromatic heterocycles. The second kappa shape index (κ2) is 8.94. The summed E-state index contributed by atoms with van der Waals surface area (Å²) >= 11 is 0. The standard InChI is InChI=1S/C20H32N4O7/c1-21-12-14(25)13(22-2)16-17(15(12)26)30-18-20(28,31-16)19(27,5-7-29-18)10-24-9-11-4-3-6-23-8-11/h3-4,6,8,12-18,21-22,24-28H,5,7,9-10H2,1-2H3. The van der Waals surface area contributed by atoms with Gasteiger partial charge < -0.3 is 50.6 Å². The van der Waals surface area contributed by atoms with Crippen molar-refractivity contribution < 1.29 is 34.6 Å². The second-order valence-electron chi connectivity index (χ2n) is 8.44. The van der Waals surface area contributed by atoms with Gasteiger partial charge in [-0.1, -0.05) is 6.07 Å². The molecule has 0 radical (unpaired) electrons. The number of likely N-dealkylation sites (N-methyl/N-ethyl adjacent to an activating group) is 2. The van der Waals surface area contributed by atoms with E-state index in [-0.39, 0.29) is 19.6 Å². The van der Waals surface area contributed by atoms with Crippen LogP contribution >= 0.6 is 0 Å². The van der Waals surface area contributed by atoms with Gasteiger partial charge in [-0.05, 0) is 25.7 Å². The molecule has 9 unspecified atom stereocenters. The highest BCUT2D eigenvalue weighted by Crippen LogP contribution is 2.44. The summed E-state index contributed by atoms with van der Waals surface area (Å²) < 4.78 is 17.6. The summed E-state index contributed by atoms with van der Waals surface area (Å²) in [5.41, 5.74) is -0.800. The highest BCUT2D eigenvalue weighted by molar-refractivity contribution is 5.12. The van der Waals surface area contributed by atoms with Crippen LogP contribution in [0, 0.1) is 0 Å². The number of aromatic nitrogens is 1. The van der Waals surface area contributed by atoms with Crippen LogP contribution in [0.15, 0.2) is 24.5 Å². The van der Waals surface area contributed by atoms with Crippen molar-refractivity contribution in [2.24, 2.45) is 0 Å². The normalized spacial score (nSPS) is 45.0. The van der Waals surface area contributed by atoms with Crippen LogP contribution in [0.4, 0.5) is 0 Å². The average Bonchev–Trinajstić information content (AvgIpc) is 2.75. The van der Waals surface area contributed by atoms with Gasteiger partial charge in [-0.2, -0.15) is 0 Å². The summed E-state index contributed by atoms with van der Waals surface area (Å²) in [7, 11) is 3.28. The van der Waals surface area contributed by atoms with E-state index in [0.717, 1.165) is 5.56 Å². The molecule has 1 saturated carbocycles. The highest BCUT2D eigenvalue weighted by atomic mass is 16.8. The molecule has 3 fully saturated rings. The summed E-state index contributed by atoms with van der Waals surface area (Å²) in [4.78, 5) is 4.06. The summed E-state index contributed by atoms with van der Waals surface area (Å²) in [5, 5.41) is 53.3. The molecule has 3 aliphatic rings. The molecule has 11 nitrogen and oxygen atoms in total. The third-order valence-corrected chi connectivity index (χ3v) is 6.62. The molecule has 4 rings (SSSR count). The van der Waals surface area contributed by atoms with E-state index in [2.05, 4.69) is 20.9 Å². The summed E-state index contributed by atoms with van der Waals surface area (Å²) in [6, 6.07) is 2.39. The van der Waals surface area contributed by atoms with Crippen molar-refractivity contribution in [1.82, 2.24) is 20.9 Å². The lowest BCUT2D eigenvalue weighted by atomic mass is 9.78. The van der Waals surface area contributed by atoms with Crippen molar-refractivity contribution in [1.29, 1.82) is 0 Å². The monoisotopic (exact) mass is 440 g/mol. The fourth-order valence-electron chi connectivity index (χ4n) is 4.82.